The minimum Gasteiger partial charge on any atom is -0.477 e. The van der Waals surface area contributed by atoms with E-state index in [0.717, 1.165) is 22.8 Å². The van der Waals surface area contributed by atoms with E-state index in [9.17, 15) is 27.9 Å². The SMILES string of the molecule is CCc1c(C(=O)O)c(=O)c2cc(F)c(N3CCC(N)C3)nc2n1-c1ccc(F)cc1F. The number of aromatic carboxylic acids is 1. The molecule has 1 aromatic carbocycles. The van der Waals surface area contributed by atoms with Crippen molar-refractivity contribution in [2.45, 2.75) is 25.8 Å². The summed E-state index contributed by atoms with van der Waals surface area (Å²) in [5, 5.41) is 9.33. The standard InChI is InChI=1S/C21H19F3N4O3/c1-2-15-17(21(30)31)18(29)12-8-14(24)20(27-6-5-11(25)9-27)26-19(12)28(15)16-4-3-10(22)7-13(16)23/h3-4,7-8,11H,2,5-6,9,25H2,1H3,(H,30,31). The maximum atomic E-state index is 14.9. The molecule has 4 rings (SSSR count). The summed E-state index contributed by atoms with van der Waals surface area (Å²) in [7, 11) is 0. The van der Waals surface area contributed by atoms with E-state index in [0.29, 0.717) is 25.6 Å². The lowest BCUT2D eigenvalue weighted by atomic mass is 10.1. The van der Waals surface area contributed by atoms with Gasteiger partial charge in [0.2, 0.25) is 5.43 Å². The normalized spacial score (nSPS) is 16.3. The van der Waals surface area contributed by atoms with E-state index < -0.39 is 34.4 Å². The van der Waals surface area contributed by atoms with Gasteiger partial charge in [-0.1, -0.05) is 6.92 Å². The van der Waals surface area contributed by atoms with Crippen molar-refractivity contribution < 1.29 is 23.1 Å². The predicted octanol–water partition coefficient (Wildman–Crippen LogP) is 2.60. The molecule has 1 aliphatic rings. The summed E-state index contributed by atoms with van der Waals surface area (Å²) in [4.78, 5) is 30.7. The number of benzene rings is 1. The lowest BCUT2D eigenvalue weighted by Crippen LogP contribution is -2.29. The molecule has 1 unspecified atom stereocenters. The first-order chi connectivity index (χ1) is 14.7. The average molecular weight is 432 g/mol. The van der Waals surface area contributed by atoms with E-state index in [1.54, 1.807) is 11.8 Å². The van der Waals surface area contributed by atoms with Gasteiger partial charge in [0.15, 0.2) is 17.3 Å². The fourth-order valence-corrected chi connectivity index (χ4v) is 3.99. The van der Waals surface area contributed by atoms with E-state index in [4.69, 9.17) is 5.73 Å². The number of halogens is 3. The van der Waals surface area contributed by atoms with Crippen LogP contribution in [-0.4, -0.2) is 39.8 Å². The Bertz CT molecular complexity index is 1280. The second-order valence-corrected chi connectivity index (χ2v) is 7.40. The zero-order valence-corrected chi connectivity index (χ0v) is 16.5. The molecule has 0 saturated carbocycles. The first-order valence-electron chi connectivity index (χ1n) is 9.70. The number of carbonyl (C=O) groups is 1. The molecule has 31 heavy (non-hydrogen) atoms. The Labute approximate surface area is 174 Å². The number of anilines is 1. The molecule has 0 spiro atoms. The zero-order valence-electron chi connectivity index (χ0n) is 16.5. The number of carboxylic acids is 1. The van der Waals surface area contributed by atoms with Crippen molar-refractivity contribution in [1.29, 1.82) is 0 Å². The second kappa shape index (κ2) is 7.69. The van der Waals surface area contributed by atoms with Crippen LogP contribution in [0.15, 0.2) is 29.1 Å². The zero-order chi connectivity index (χ0) is 22.4. The first-order valence-corrected chi connectivity index (χ1v) is 9.70. The topological polar surface area (TPSA) is 101 Å². The summed E-state index contributed by atoms with van der Waals surface area (Å²) >= 11 is 0. The van der Waals surface area contributed by atoms with Crippen molar-refractivity contribution in [3.8, 4) is 5.69 Å². The molecule has 1 atom stereocenters. The van der Waals surface area contributed by atoms with Gasteiger partial charge in [-0.25, -0.2) is 22.9 Å². The van der Waals surface area contributed by atoms with Gasteiger partial charge in [-0.15, -0.1) is 0 Å². The molecule has 2 aromatic heterocycles. The molecule has 162 valence electrons. The lowest BCUT2D eigenvalue weighted by Gasteiger charge is -2.22. The van der Waals surface area contributed by atoms with Crippen LogP contribution in [0.1, 0.15) is 29.4 Å². The minimum absolute atomic E-state index is 0.0290. The highest BCUT2D eigenvalue weighted by molar-refractivity contribution is 5.94. The number of rotatable bonds is 4. The third-order valence-corrected chi connectivity index (χ3v) is 5.40. The largest absolute Gasteiger partial charge is 0.477 e. The van der Waals surface area contributed by atoms with Gasteiger partial charge in [-0.05, 0) is 31.0 Å². The number of nitrogens with two attached hydrogens (primary N) is 1. The minimum atomic E-state index is -1.53. The van der Waals surface area contributed by atoms with E-state index >= 15 is 0 Å². The van der Waals surface area contributed by atoms with Crippen LogP contribution >= 0.6 is 0 Å². The van der Waals surface area contributed by atoms with Gasteiger partial charge in [-0.2, -0.15) is 0 Å². The van der Waals surface area contributed by atoms with Crippen molar-refractivity contribution in [1.82, 2.24) is 9.55 Å². The van der Waals surface area contributed by atoms with Crippen LogP contribution in [0.25, 0.3) is 16.7 Å². The van der Waals surface area contributed by atoms with Gasteiger partial charge < -0.3 is 15.7 Å². The third-order valence-electron chi connectivity index (χ3n) is 5.40. The first kappa shape index (κ1) is 20.9. The molecule has 7 nitrogen and oxygen atoms in total. The Morgan fingerprint density at radius 1 is 1.26 bits per heavy atom. The summed E-state index contributed by atoms with van der Waals surface area (Å²) in [6.45, 7) is 2.38. The molecule has 1 saturated heterocycles. The second-order valence-electron chi connectivity index (χ2n) is 7.40. The number of carboxylic acid groups (broad SMARTS) is 1. The van der Waals surface area contributed by atoms with Crippen molar-refractivity contribution >= 4 is 22.8 Å². The van der Waals surface area contributed by atoms with Crippen LogP contribution in [0.5, 0.6) is 0 Å². The molecule has 1 fully saturated rings. The van der Waals surface area contributed by atoms with Gasteiger partial charge >= 0.3 is 5.97 Å². The van der Waals surface area contributed by atoms with Crippen LogP contribution in [-0.2, 0) is 6.42 Å². The number of fused-ring (bicyclic) bond motifs is 1. The number of aromatic nitrogens is 2. The van der Waals surface area contributed by atoms with Crippen LogP contribution in [0.2, 0.25) is 0 Å². The van der Waals surface area contributed by atoms with Crippen LogP contribution in [0.3, 0.4) is 0 Å². The van der Waals surface area contributed by atoms with Gasteiger partial charge in [0, 0.05) is 30.9 Å². The van der Waals surface area contributed by atoms with Gasteiger partial charge in [-0.3, -0.25) is 9.36 Å². The molecule has 3 N–H and O–H groups in total. The maximum Gasteiger partial charge on any atom is 0.341 e. The van der Waals surface area contributed by atoms with Crippen LogP contribution in [0.4, 0.5) is 19.0 Å². The number of hydrogen-bond acceptors (Lipinski definition) is 5. The summed E-state index contributed by atoms with van der Waals surface area (Å²) in [5.74, 6) is -4.22. The third kappa shape index (κ3) is 3.42. The fraction of sp³-hybridized carbons (Fsp3) is 0.286. The van der Waals surface area contributed by atoms with Gasteiger partial charge in [0.25, 0.3) is 0 Å². The highest BCUT2D eigenvalue weighted by atomic mass is 19.1. The van der Waals surface area contributed by atoms with Crippen molar-refractivity contribution in [2.24, 2.45) is 5.73 Å². The Hall–Kier alpha value is -3.40. The molecule has 3 aromatic rings. The van der Waals surface area contributed by atoms with Crippen LogP contribution in [0, 0.1) is 17.5 Å². The van der Waals surface area contributed by atoms with E-state index in [1.807, 2.05) is 0 Å². The number of hydrogen-bond donors (Lipinski definition) is 2. The molecule has 10 heteroatoms. The Kier molecular flexibility index (Phi) is 5.18. The highest BCUT2D eigenvalue weighted by Gasteiger charge is 2.28. The van der Waals surface area contributed by atoms with E-state index in [-0.39, 0.29) is 40.7 Å². The average Bonchev–Trinajstić information content (AvgIpc) is 3.14. The summed E-state index contributed by atoms with van der Waals surface area (Å²) in [6.07, 6.45) is 0.656. The quantitative estimate of drug-likeness (QED) is 0.657. The fourth-order valence-electron chi connectivity index (χ4n) is 3.99. The highest BCUT2D eigenvalue weighted by Crippen LogP contribution is 2.28. The van der Waals surface area contributed by atoms with Crippen molar-refractivity contribution in [2.75, 3.05) is 18.0 Å². The van der Waals surface area contributed by atoms with E-state index in [1.165, 1.54) is 0 Å². The maximum absolute atomic E-state index is 14.9. The molecule has 0 amide bonds. The smallest absolute Gasteiger partial charge is 0.341 e. The van der Waals surface area contributed by atoms with Gasteiger partial charge in [0.1, 0.15) is 17.2 Å². The Balaban J connectivity index is 2.14. The number of nitrogens with zero attached hydrogens (tertiary/aromatic N) is 3. The van der Waals surface area contributed by atoms with E-state index in [2.05, 4.69) is 4.98 Å². The van der Waals surface area contributed by atoms with Crippen LogP contribution < -0.4 is 16.1 Å². The molecule has 3 heterocycles. The summed E-state index contributed by atoms with van der Waals surface area (Å²) < 4.78 is 44.3. The monoisotopic (exact) mass is 432 g/mol. The number of pyridine rings is 2. The predicted molar refractivity (Wildman–Crippen MR) is 108 cm³/mol. The molecule has 0 aliphatic carbocycles. The Morgan fingerprint density at radius 2 is 2.00 bits per heavy atom. The van der Waals surface area contributed by atoms with Crippen molar-refractivity contribution in [3.05, 3.63) is 63.2 Å². The molecule has 0 bridgehead atoms. The molecule has 1 aliphatic heterocycles. The summed E-state index contributed by atoms with van der Waals surface area (Å²) in [6, 6.07) is 3.51. The molecular formula is C21H19F3N4O3. The summed E-state index contributed by atoms with van der Waals surface area (Å²) in [5.41, 5.74) is 4.02. The Morgan fingerprint density at radius 3 is 2.58 bits per heavy atom. The molecular weight excluding hydrogens is 413 g/mol. The lowest BCUT2D eigenvalue weighted by molar-refractivity contribution is 0.0693. The van der Waals surface area contributed by atoms with Gasteiger partial charge in [0.05, 0.1) is 11.1 Å². The molecule has 0 radical (unpaired) electrons. The van der Waals surface area contributed by atoms with Crippen molar-refractivity contribution in [3.63, 3.8) is 0 Å².